The molecule has 0 saturated carbocycles. The molecule has 8 unspecified atom stereocenters. The second-order valence-electron chi connectivity index (χ2n) is 12.0. The van der Waals surface area contributed by atoms with Crippen molar-refractivity contribution < 1.29 is 34.7 Å². The fourth-order valence-electron chi connectivity index (χ4n) is 5.50. The Morgan fingerprint density at radius 2 is 1.83 bits per heavy atom. The summed E-state index contributed by atoms with van der Waals surface area (Å²) in [6.45, 7) is 12.1. The van der Waals surface area contributed by atoms with Crippen molar-refractivity contribution in [1.82, 2.24) is 0 Å². The Bertz CT molecular complexity index is 1090. The van der Waals surface area contributed by atoms with E-state index in [2.05, 4.69) is 39.8 Å². The van der Waals surface area contributed by atoms with Crippen molar-refractivity contribution in [2.45, 2.75) is 123 Å². The standard InChI is InChI=1S/C33H52O8/c1-7-8-9-10-11-20(2)14-22(4)16-23(5)15-21(3)12-13-26(35)24(6)29-18-27(36)30(33(39)41-29)32-31(38)28(37)17-25(19-34)40-32/h12-13,15-16,18,20,23-26,28,31-32,34-38H,7-11,14,17,19H2,1-6H3. The molecule has 0 amide bonds. The molecule has 0 radical (unpaired) electrons. The van der Waals surface area contributed by atoms with E-state index in [1.54, 1.807) is 13.0 Å². The quantitative estimate of drug-likeness (QED) is 0.106. The van der Waals surface area contributed by atoms with Crippen LogP contribution in [0.5, 0.6) is 5.75 Å². The third-order valence-electron chi connectivity index (χ3n) is 7.83. The van der Waals surface area contributed by atoms with Crippen LogP contribution in [0.15, 0.2) is 50.7 Å². The summed E-state index contributed by atoms with van der Waals surface area (Å²) in [7, 11) is 0. The van der Waals surface area contributed by atoms with E-state index in [0.29, 0.717) is 5.92 Å². The number of unbranched alkanes of at least 4 members (excludes halogenated alkanes) is 3. The van der Waals surface area contributed by atoms with E-state index in [9.17, 15) is 30.3 Å². The van der Waals surface area contributed by atoms with Crippen LogP contribution >= 0.6 is 0 Å². The van der Waals surface area contributed by atoms with Gasteiger partial charge in [0, 0.05) is 18.4 Å². The van der Waals surface area contributed by atoms with Gasteiger partial charge in [-0.2, -0.15) is 0 Å². The lowest BCUT2D eigenvalue weighted by molar-refractivity contribution is -0.180. The van der Waals surface area contributed by atoms with E-state index in [-0.39, 0.29) is 23.7 Å². The van der Waals surface area contributed by atoms with E-state index >= 15 is 0 Å². The summed E-state index contributed by atoms with van der Waals surface area (Å²) >= 11 is 0. The number of hydrogen-bond acceptors (Lipinski definition) is 8. The molecule has 2 heterocycles. The van der Waals surface area contributed by atoms with Gasteiger partial charge in [-0.3, -0.25) is 0 Å². The molecule has 8 atom stereocenters. The van der Waals surface area contributed by atoms with Gasteiger partial charge in [-0.25, -0.2) is 4.79 Å². The Hall–Kier alpha value is -2.23. The van der Waals surface area contributed by atoms with Crippen LogP contribution in [0.2, 0.25) is 0 Å². The highest BCUT2D eigenvalue weighted by atomic mass is 16.5. The third-order valence-corrected chi connectivity index (χ3v) is 7.83. The molecule has 1 aliphatic rings. The van der Waals surface area contributed by atoms with E-state index in [1.165, 1.54) is 43.7 Å². The van der Waals surface area contributed by atoms with Crippen molar-refractivity contribution in [3.05, 3.63) is 63.3 Å². The SMILES string of the molecule is CCCCCCC(C)CC(C)=CC(C)C=C(C)C=CC(O)C(C)c1cc(O)c(C2OC(CO)CC(O)C2O)c(=O)o1. The van der Waals surface area contributed by atoms with Crippen LogP contribution in [0.4, 0.5) is 0 Å². The molecule has 2 rings (SSSR count). The van der Waals surface area contributed by atoms with Crippen molar-refractivity contribution in [3.8, 4) is 5.75 Å². The van der Waals surface area contributed by atoms with Crippen molar-refractivity contribution >= 4 is 0 Å². The zero-order valence-corrected chi connectivity index (χ0v) is 25.6. The van der Waals surface area contributed by atoms with Crippen molar-refractivity contribution in [3.63, 3.8) is 0 Å². The van der Waals surface area contributed by atoms with Crippen LogP contribution in [0, 0.1) is 11.8 Å². The average Bonchev–Trinajstić information content (AvgIpc) is 2.90. The molecule has 5 N–H and O–H groups in total. The maximum Gasteiger partial charge on any atom is 0.345 e. The molecule has 1 aromatic rings. The number of ether oxygens (including phenoxy) is 1. The Morgan fingerprint density at radius 3 is 2.46 bits per heavy atom. The van der Waals surface area contributed by atoms with Crippen LogP contribution in [0.25, 0.3) is 0 Å². The molecular weight excluding hydrogens is 524 g/mol. The lowest BCUT2D eigenvalue weighted by Gasteiger charge is -2.36. The molecule has 41 heavy (non-hydrogen) atoms. The highest BCUT2D eigenvalue weighted by Gasteiger charge is 2.40. The fourth-order valence-corrected chi connectivity index (χ4v) is 5.50. The predicted octanol–water partition coefficient (Wildman–Crippen LogP) is 5.44. The molecule has 1 saturated heterocycles. The smallest absolute Gasteiger partial charge is 0.345 e. The molecule has 232 valence electrons. The van der Waals surface area contributed by atoms with Gasteiger partial charge < -0.3 is 34.7 Å². The minimum Gasteiger partial charge on any atom is -0.507 e. The van der Waals surface area contributed by atoms with Crippen LogP contribution in [-0.4, -0.2) is 56.6 Å². The van der Waals surface area contributed by atoms with Crippen molar-refractivity contribution in [1.29, 1.82) is 0 Å². The van der Waals surface area contributed by atoms with Gasteiger partial charge in [0.2, 0.25) is 0 Å². The molecule has 0 aliphatic carbocycles. The van der Waals surface area contributed by atoms with E-state index < -0.39 is 54.4 Å². The first-order valence-electron chi connectivity index (χ1n) is 15.1. The second-order valence-corrected chi connectivity index (χ2v) is 12.0. The lowest BCUT2D eigenvalue weighted by atomic mass is 9.93. The molecule has 8 heteroatoms. The number of rotatable bonds is 15. The monoisotopic (exact) mass is 576 g/mol. The van der Waals surface area contributed by atoms with Gasteiger partial charge in [0.1, 0.15) is 29.3 Å². The second kappa shape index (κ2) is 17.0. The zero-order chi connectivity index (χ0) is 30.7. The number of aliphatic hydroxyl groups is 4. The Balaban J connectivity index is 2.03. The van der Waals surface area contributed by atoms with Gasteiger partial charge in [-0.1, -0.05) is 95.2 Å². The van der Waals surface area contributed by atoms with Gasteiger partial charge in [-0.15, -0.1) is 0 Å². The summed E-state index contributed by atoms with van der Waals surface area (Å²) in [5, 5.41) is 51.2. The fraction of sp³-hybridized carbons (Fsp3) is 0.667. The number of allylic oxidation sites excluding steroid dienone is 5. The minimum absolute atomic E-state index is 0.00512. The van der Waals surface area contributed by atoms with Crippen molar-refractivity contribution in [2.75, 3.05) is 6.61 Å². The normalized spacial score (nSPS) is 25.3. The van der Waals surface area contributed by atoms with Gasteiger partial charge >= 0.3 is 5.63 Å². The average molecular weight is 577 g/mol. The first-order chi connectivity index (χ1) is 19.4. The lowest BCUT2D eigenvalue weighted by Crippen LogP contribution is -2.45. The van der Waals surface area contributed by atoms with Gasteiger partial charge in [0.15, 0.2) is 0 Å². The van der Waals surface area contributed by atoms with Crippen LogP contribution in [-0.2, 0) is 4.74 Å². The largest absolute Gasteiger partial charge is 0.507 e. The highest BCUT2D eigenvalue weighted by Crippen LogP contribution is 2.36. The first-order valence-corrected chi connectivity index (χ1v) is 15.1. The molecule has 8 nitrogen and oxygen atoms in total. The maximum atomic E-state index is 12.8. The first kappa shape index (κ1) is 35.0. The predicted molar refractivity (Wildman–Crippen MR) is 161 cm³/mol. The summed E-state index contributed by atoms with van der Waals surface area (Å²) in [5.74, 6) is -0.148. The van der Waals surface area contributed by atoms with Crippen LogP contribution in [0.3, 0.4) is 0 Å². The molecule has 1 fully saturated rings. The summed E-state index contributed by atoms with van der Waals surface area (Å²) < 4.78 is 10.9. The molecule has 1 aromatic heterocycles. The molecule has 0 bridgehead atoms. The summed E-state index contributed by atoms with van der Waals surface area (Å²) in [6, 6.07) is 1.21. The number of aromatic hydroxyl groups is 1. The van der Waals surface area contributed by atoms with E-state index in [1.807, 2.05) is 13.0 Å². The highest BCUT2D eigenvalue weighted by molar-refractivity contribution is 5.35. The molecule has 0 spiro atoms. The van der Waals surface area contributed by atoms with Crippen LogP contribution in [0.1, 0.15) is 110 Å². The molecule has 1 aliphatic heterocycles. The van der Waals surface area contributed by atoms with Crippen LogP contribution < -0.4 is 5.63 Å². The van der Waals surface area contributed by atoms with E-state index in [0.717, 1.165) is 12.0 Å². The molecular formula is C33H52O8. The topological polar surface area (TPSA) is 141 Å². The Kier molecular flexibility index (Phi) is 14.5. The minimum atomic E-state index is -1.47. The maximum absolute atomic E-state index is 12.8. The number of aliphatic hydroxyl groups excluding tert-OH is 4. The van der Waals surface area contributed by atoms with Gasteiger partial charge in [0.05, 0.1) is 24.9 Å². The summed E-state index contributed by atoms with van der Waals surface area (Å²) in [4.78, 5) is 12.8. The number of hydrogen-bond donors (Lipinski definition) is 5. The van der Waals surface area contributed by atoms with E-state index in [4.69, 9.17) is 9.15 Å². The zero-order valence-electron chi connectivity index (χ0n) is 25.6. The Morgan fingerprint density at radius 1 is 1.12 bits per heavy atom. The summed E-state index contributed by atoms with van der Waals surface area (Å²) in [5.41, 5.74) is 1.09. The van der Waals surface area contributed by atoms with Gasteiger partial charge in [-0.05, 0) is 32.1 Å². The third kappa shape index (κ3) is 10.8. The van der Waals surface area contributed by atoms with Gasteiger partial charge in [0.25, 0.3) is 0 Å². The molecule has 0 aromatic carbocycles. The van der Waals surface area contributed by atoms with Crippen molar-refractivity contribution in [2.24, 2.45) is 11.8 Å². The Labute approximate surface area is 245 Å². The summed E-state index contributed by atoms with van der Waals surface area (Å²) in [6.07, 6.45) is 9.53.